The highest BCUT2D eigenvalue weighted by Gasteiger charge is 2.30. The monoisotopic (exact) mass is 381 g/mol. The summed E-state index contributed by atoms with van der Waals surface area (Å²) in [5.74, 6) is 0.753. The summed E-state index contributed by atoms with van der Waals surface area (Å²) in [5, 5.41) is 3.83. The summed E-state index contributed by atoms with van der Waals surface area (Å²) >= 11 is 5.85. The molecule has 0 aliphatic carbocycles. The van der Waals surface area contributed by atoms with E-state index in [4.69, 9.17) is 11.6 Å². The quantitative estimate of drug-likeness (QED) is 0.481. The molecule has 0 unspecified atom stereocenters. The molecule has 0 saturated carbocycles. The number of hydrogen-bond donors (Lipinski definition) is 1. The number of aliphatic imine (C=N–C) groups is 1. The van der Waals surface area contributed by atoms with Gasteiger partial charge in [-0.25, -0.2) is 13.4 Å². The zero-order valence-electron chi connectivity index (χ0n) is 14.6. The van der Waals surface area contributed by atoms with Crippen molar-refractivity contribution < 1.29 is 8.42 Å². The van der Waals surface area contributed by atoms with Crippen LogP contribution in [0.4, 0.5) is 0 Å². The smallest absolute Gasteiger partial charge is 0.243 e. The summed E-state index contributed by atoms with van der Waals surface area (Å²) < 4.78 is 27.1. The Morgan fingerprint density at radius 3 is 2.68 bits per heavy atom. The summed E-state index contributed by atoms with van der Waals surface area (Å²) in [4.78, 5) is 4.70. The van der Waals surface area contributed by atoms with E-state index in [1.165, 1.54) is 4.31 Å². The molecule has 0 radical (unpaired) electrons. The topological polar surface area (TPSA) is 61.8 Å². The highest BCUT2D eigenvalue weighted by molar-refractivity contribution is 7.89. The van der Waals surface area contributed by atoms with Crippen LogP contribution >= 0.6 is 11.6 Å². The SMILES string of the molecule is C=CC(=C/C)/N=C(\C)N[C@@H]1CCCN(S(=O)(=O)c2ccc(Cl)cc2)C1. The normalized spacial score (nSPS) is 20.4. The second-order valence-electron chi connectivity index (χ2n) is 5.92. The number of nitrogens with one attached hydrogen (secondary N) is 1. The fourth-order valence-corrected chi connectivity index (χ4v) is 4.43. The Morgan fingerprint density at radius 1 is 1.40 bits per heavy atom. The summed E-state index contributed by atoms with van der Waals surface area (Å²) in [6, 6.07) is 6.31. The van der Waals surface area contributed by atoms with Gasteiger partial charge in [0.25, 0.3) is 0 Å². The summed E-state index contributed by atoms with van der Waals surface area (Å²) in [6.07, 6.45) is 5.26. The number of sulfonamides is 1. The molecule has 1 atom stereocenters. The van der Waals surface area contributed by atoms with Crippen molar-refractivity contribution in [3.8, 4) is 0 Å². The van der Waals surface area contributed by atoms with Crippen LogP contribution in [0.2, 0.25) is 5.02 Å². The first-order valence-corrected chi connectivity index (χ1v) is 10.0. The van der Waals surface area contributed by atoms with E-state index >= 15 is 0 Å². The Kier molecular flexibility index (Phi) is 6.81. The fourth-order valence-electron chi connectivity index (χ4n) is 2.78. The minimum Gasteiger partial charge on any atom is -0.370 e. The van der Waals surface area contributed by atoms with E-state index < -0.39 is 10.0 Å². The number of hydrogen-bond acceptors (Lipinski definition) is 3. The Labute approximate surface area is 155 Å². The van der Waals surface area contributed by atoms with Crippen LogP contribution in [0.5, 0.6) is 0 Å². The molecule has 5 nitrogen and oxygen atoms in total. The lowest BCUT2D eigenvalue weighted by Gasteiger charge is -2.32. The molecule has 1 saturated heterocycles. The molecule has 1 aromatic rings. The van der Waals surface area contributed by atoms with Gasteiger partial charge in [0.05, 0.1) is 16.4 Å². The highest BCUT2D eigenvalue weighted by atomic mass is 35.5. The van der Waals surface area contributed by atoms with E-state index in [1.807, 2.05) is 19.9 Å². The van der Waals surface area contributed by atoms with Crippen molar-refractivity contribution in [3.63, 3.8) is 0 Å². The molecule has 0 spiro atoms. The van der Waals surface area contributed by atoms with Crippen LogP contribution in [0.1, 0.15) is 26.7 Å². The first kappa shape index (κ1) is 19.7. The van der Waals surface area contributed by atoms with Crippen molar-refractivity contribution in [1.82, 2.24) is 9.62 Å². The van der Waals surface area contributed by atoms with Crippen molar-refractivity contribution in [3.05, 3.63) is 53.7 Å². The molecule has 0 amide bonds. The minimum absolute atomic E-state index is 0.0301. The number of amidine groups is 1. The van der Waals surface area contributed by atoms with E-state index in [1.54, 1.807) is 30.3 Å². The zero-order valence-corrected chi connectivity index (χ0v) is 16.1. The number of halogens is 1. The van der Waals surface area contributed by atoms with Crippen LogP contribution < -0.4 is 5.32 Å². The van der Waals surface area contributed by atoms with Gasteiger partial charge < -0.3 is 5.32 Å². The average Bonchev–Trinajstić information content (AvgIpc) is 2.60. The van der Waals surface area contributed by atoms with E-state index in [-0.39, 0.29) is 10.9 Å². The molecule has 1 fully saturated rings. The predicted molar refractivity (Wildman–Crippen MR) is 103 cm³/mol. The van der Waals surface area contributed by atoms with Crippen molar-refractivity contribution in [1.29, 1.82) is 0 Å². The summed E-state index contributed by atoms with van der Waals surface area (Å²) in [6.45, 7) is 8.42. The third kappa shape index (κ3) is 5.17. The summed E-state index contributed by atoms with van der Waals surface area (Å²) in [7, 11) is -3.51. The largest absolute Gasteiger partial charge is 0.370 e. The van der Waals surface area contributed by atoms with Crippen LogP contribution in [0.25, 0.3) is 0 Å². The number of nitrogens with zero attached hydrogens (tertiary/aromatic N) is 2. The molecule has 0 aromatic heterocycles. The van der Waals surface area contributed by atoms with E-state index in [0.29, 0.717) is 18.1 Å². The highest BCUT2D eigenvalue weighted by Crippen LogP contribution is 2.22. The van der Waals surface area contributed by atoms with Crippen molar-refractivity contribution in [2.24, 2.45) is 4.99 Å². The lowest BCUT2D eigenvalue weighted by Crippen LogP contribution is -2.49. The van der Waals surface area contributed by atoms with E-state index in [9.17, 15) is 8.42 Å². The Hall–Kier alpha value is -1.63. The second kappa shape index (κ2) is 8.65. The Balaban J connectivity index is 2.10. The van der Waals surface area contributed by atoms with Crippen LogP contribution in [0.3, 0.4) is 0 Å². The molecule has 25 heavy (non-hydrogen) atoms. The minimum atomic E-state index is -3.51. The molecule has 0 bridgehead atoms. The average molecular weight is 382 g/mol. The maximum atomic E-state index is 12.8. The van der Waals surface area contributed by atoms with E-state index in [2.05, 4.69) is 16.9 Å². The van der Waals surface area contributed by atoms with Gasteiger partial charge in [0, 0.05) is 24.2 Å². The molecular formula is C18H24ClN3O2S. The van der Waals surface area contributed by atoms with Gasteiger partial charge >= 0.3 is 0 Å². The van der Waals surface area contributed by atoms with Gasteiger partial charge in [-0.1, -0.05) is 24.3 Å². The number of allylic oxidation sites excluding steroid dienone is 2. The van der Waals surface area contributed by atoms with Gasteiger partial charge in [-0.15, -0.1) is 0 Å². The fraction of sp³-hybridized carbons (Fsp3) is 0.389. The molecule has 7 heteroatoms. The molecular weight excluding hydrogens is 358 g/mol. The molecule has 1 N–H and O–H groups in total. The van der Waals surface area contributed by atoms with Crippen molar-refractivity contribution >= 4 is 27.5 Å². The zero-order chi connectivity index (χ0) is 18.4. The molecule has 1 aliphatic rings. The van der Waals surface area contributed by atoms with Gasteiger partial charge in [0.1, 0.15) is 0 Å². The number of benzene rings is 1. The van der Waals surface area contributed by atoms with Gasteiger partial charge in [0.15, 0.2) is 0 Å². The first-order valence-electron chi connectivity index (χ1n) is 8.23. The molecule has 2 rings (SSSR count). The van der Waals surface area contributed by atoms with Crippen LogP contribution in [-0.4, -0.2) is 37.7 Å². The maximum Gasteiger partial charge on any atom is 0.243 e. The summed E-state index contributed by atoms with van der Waals surface area (Å²) in [5.41, 5.74) is 0.784. The van der Waals surface area contributed by atoms with Crippen LogP contribution in [-0.2, 0) is 10.0 Å². The van der Waals surface area contributed by atoms with Crippen molar-refractivity contribution in [2.45, 2.75) is 37.6 Å². The maximum absolute atomic E-state index is 12.8. The Morgan fingerprint density at radius 2 is 2.08 bits per heavy atom. The molecule has 1 aromatic carbocycles. The van der Waals surface area contributed by atoms with Gasteiger partial charge in [0.2, 0.25) is 10.0 Å². The van der Waals surface area contributed by atoms with Crippen molar-refractivity contribution in [2.75, 3.05) is 13.1 Å². The first-order chi connectivity index (χ1) is 11.9. The van der Waals surface area contributed by atoms with Gasteiger partial charge in [-0.05, 0) is 57.0 Å². The predicted octanol–water partition coefficient (Wildman–Crippen LogP) is 3.59. The van der Waals surface area contributed by atoms with Gasteiger partial charge in [-0.2, -0.15) is 4.31 Å². The third-order valence-electron chi connectivity index (χ3n) is 4.05. The lowest BCUT2D eigenvalue weighted by molar-refractivity contribution is 0.302. The van der Waals surface area contributed by atoms with Crippen LogP contribution in [0, 0.1) is 0 Å². The number of rotatable bonds is 5. The Bertz CT molecular complexity index is 770. The van der Waals surface area contributed by atoms with Gasteiger partial charge in [-0.3, -0.25) is 0 Å². The third-order valence-corrected chi connectivity index (χ3v) is 6.18. The molecule has 1 heterocycles. The van der Waals surface area contributed by atoms with E-state index in [0.717, 1.165) is 24.4 Å². The molecule has 136 valence electrons. The lowest BCUT2D eigenvalue weighted by atomic mass is 10.1. The van der Waals surface area contributed by atoms with Crippen LogP contribution in [0.15, 0.2) is 58.6 Å². The second-order valence-corrected chi connectivity index (χ2v) is 8.29. The number of piperidine rings is 1. The molecule has 1 aliphatic heterocycles. The standard InChI is InChI=1S/C18H24ClN3O2S/c1-4-16(5-2)20-14(3)21-17-7-6-12-22(13-17)25(23,24)18-10-8-15(19)9-11-18/h4-5,8-11,17H,1,6-7,12-13H2,2-3H3,(H,20,21)/b16-5-/t17-/m1/s1.